The minimum Gasteiger partial charge on any atom is -0.330 e. The molecule has 1 rings (SSSR count). The molecule has 0 aliphatic heterocycles. The fourth-order valence-electron chi connectivity index (χ4n) is 1.18. The molecular formula is C11H18N2OS. The van der Waals surface area contributed by atoms with Crippen LogP contribution in [0.2, 0.25) is 0 Å². The van der Waals surface area contributed by atoms with Gasteiger partial charge in [0.05, 0.1) is 5.00 Å². The molecule has 0 fully saturated rings. The average Bonchev–Trinajstić information content (AvgIpc) is 2.51. The van der Waals surface area contributed by atoms with Crippen molar-refractivity contribution in [2.24, 2.45) is 11.1 Å². The van der Waals surface area contributed by atoms with Gasteiger partial charge >= 0.3 is 0 Å². The normalized spacial score (nSPS) is 11.5. The molecule has 0 saturated carbocycles. The third kappa shape index (κ3) is 3.64. The van der Waals surface area contributed by atoms with Crippen LogP contribution in [-0.4, -0.2) is 12.5 Å². The Bertz CT molecular complexity index is 344. The number of nitrogens with two attached hydrogens (primary N) is 1. The van der Waals surface area contributed by atoms with Gasteiger partial charge in [0.1, 0.15) is 0 Å². The van der Waals surface area contributed by atoms with Crippen LogP contribution in [0.1, 0.15) is 25.8 Å². The molecule has 0 atom stereocenters. The number of aryl methyl sites for hydroxylation is 1. The molecule has 1 amide bonds. The molecule has 3 nitrogen and oxygen atoms in total. The second-order valence-electron chi connectivity index (χ2n) is 4.53. The standard InChI is InChI=1S/C11H18N2OS/c1-8-4-5-15-10(8)13-9(14)6-11(2,3)7-12/h4-5H,6-7,12H2,1-3H3,(H,13,14). The summed E-state index contributed by atoms with van der Waals surface area (Å²) in [4.78, 5) is 11.7. The number of anilines is 1. The van der Waals surface area contributed by atoms with Crippen LogP contribution in [0.5, 0.6) is 0 Å². The van der Waals surface area contributed by atoms with Gasteiger partial charge in [-0.3, -0.25) is 4.79 Å². The number of hydrogen-bond acceptors (Lipinski definition) is 3. The van der Waals surface area contributed by atoms with Gasteiger partial charge in [-0.1, -0.05) is 13.8 Å². The molecule has 4 heteroatoms. The molecule has 3 N–H and O–H groups in total. The van der Waals surface area contributed by atoms with Gasteiger partial charge in [-0.2, -0.15) is 0 Å². The summed E-state index contributed by atoms with van der Waals surface area (Å²) in [6, 6.07) is 1.99. The van der Waals surface area contributed by atoms with Gasteiger partial charge in [0.2, 0.25) is 5.91 Å². The van der Waals surface area contributed by atoms with E-state index in [1.165, 1.54) is 0 Å². The first-order valence-electron chi connectivity index (χ1n) is 4.98. The lowest BCUT2D eigenvalue weighted by molar-refractivity contribution is -0.117. The quantitative estimate of drug-likeness (QED) is 0.828. The minimum absolute atomic E-state index is 0.0380. The van der Waals surface area contributed by atoms with Crippen LogP contribution in [0.25, 0.3) is 0 Å². The summed E-state index contributed by atoms with van der Waals surface area (Å²) in [6.07, 6.45) is 0.459. The van der Waals surface area contributed by atoms with Crippen molar-refractivity contribution in [2.45, 2.75) is 27.2 Å². The molecule has 0 bridgehead atoms. The van der Waals surface area contributed by atoms with Crippen molar-refractivity contribution < 1.29 is 4.79 Å². The highest BCUT2D eigenvalue weighted by atomic mass is 32.1. The molecule has 1 aromatic rings. The van der Waals surface area contributed by atoms with E-state index in [2.05, 4.69) is 5.32 Å². The predicted molar refractivity (Wildman–Crippen MR) is 65.1 cm³/mol. The van der Waals surface area contributed by atoms with E-state index in [0.29, 0.717) is 13.0 Å². The Kier molecular flexibility index (Phi) is 3.88. The fraction of sp³-hybridized carbons (Fsp3) is 0.545. The molecule has 84 valence electrons. The third-order valence-electron chi connectivity index (χ3n) is 2.31. The van der Waals surface area contributed by atoms with Crippen molar-refractivity contribution in [1.82, 2.24) is 0 Å². The van der Waals surface area contributed by atoms with Crippen LogP contribution in [0, 0.1) is 12.3 Å². The SMILES string of the molecule is Cc1ccsc1NC(=O)CC(C)(C)CN. The Morgan fingerprint density at radius 2 is 2.27 bits per heavy atom. The first-order chi connectivity index (χ1) is 6.94. The van der Waals surface area contributed by atoms with E-state index in [1.54, 1.807) is 11.3 Å². The van der Waals surface area contributed by atoms with Gasteiger partial charge < -0.3 is 11.1 Å². The topological polar surface area (TPSA) is 55.1 Å². The molecule has 0 unspecified atom stereocenters. The maximum absolute atomic E-state index is 11.7. The van der Waals surface area contributed by atoms with E-state index >= 15 is 0 Å². The lowest BCUT2D eigenvalue weighted by Gasteiger charge is -2.21. The summed E-state index contributed by atoms with van der Waals surface area (Å²) < 4.78 is 0. The molecule has 0 aromatic carbocycles. The average molecular weight is 226 g/mol. The number of amides is 1. The number of nitrogens with one attached hydrogen (secondary N) is 1. The Balaban J connectivity index is 2.54. The highest BCUT2D eigenvalue weighted by Gasteiger charge is 2.20. The van der Waals surface area contributed by atoms with E-state index in [9.17, 15) is 4.79 Å². The maximum Gasteiger partial charge on any atom is 0.225 e. The van der Waals surface area contributed by atoms with Crippen molar-refractivity contribution in [3.63, 3.8) is 0 Å². The van der Waals surface area contributed by atoms with Crippen molar-refractivity contribution in [1.29, 1.82) is 0 Å². The smallest absolute Gasteiger partial charge is 0.225 e. The summed E-state index contributed by atoms with van der Waals surface area (Å²) in [5, 5.41) is 5.81. The first-order valence-corrected chi connectivity index (χ1v) is 5.86. The van der Waals surface area contributed by atoms with Crippen molar-refractivity contribution in [3.8, 4) is 0 Å². The van der Waals surface area contributed by atoms with Crippen LogP contribution >= 0.6 is 11.3 Å². The zero-order valence-electron chi connectivity index (χ0n) is 9.46. The molecule has 0 spiro atoms. The van der Waals surface area contributed by atoms with E-state index < -0.39 is 0 Å². The number of carbonyl (C=O) groups is 1. The largest absolute Gasteiger partial charge is 0.330 e. The maximum atomic E-state index is 11.7. The van der Waals surface area contributed by atoms with Crippen molar-refractivity contribution in [2.75, 3.05) is 11.9 Å². The monoisotopic (exact) mass is 226 g/mol. The Hall–Kier alpha value is -0.870. The number of hydrogen-bond donors (Lipinski definition) is 2. The molecule has 0 aliphatic carbocycles. The molecule has 0 radical (unpaired) electrons. The van der Waals surface area contributed by atoms with E-state index in [1.807, 2.05) is 32.2 Å². The lowest BCUT2D eigenvalue weighted by atomic mass is 9.89. The molecule has 1 heterocycles. The highest BCUT2D eigenvalue weighted by molar-refractivity contribution is 7.14. The highest BCUT2D eigenvalue weighted by Crippen LogP contribution is 2.24. The summed E-state index contributed by atoms with van der Waals surface area (Å²) in [5.74, 6) is 0.0380. The van der Waals surface area contributed by atoms with Crippen molar-refractivity contribution in [3.05, 3.63) is 17.0 Å². The molecule has 0 saturated heterocycles. The predicted octanol–water partition coefficient (Wildman–Crippen LogP) is 2.37. The van der Waals surface area contributed by atoms with E-state index in [0.717, 1.165) is 10.6 Å². The molecule has 1 aromatic heterocycles. The first kappa shape index (κ1) is 12.2. The van der Waals surface area contributed by atoms with Gasteiger partial charge in [-0.25, -0.2) is 0 Å². The van der Waals surface area contributed by atoms with Crippen LogP contribution < -0.4 is 11.1 Å². The number of carbonyl (C=O) groups excluding carboxylic acids is 1. The lowest BCUT2D eigenvalue weighted by Crippen LogP contribution is -2.29. The van der Waals surface area contributed by atoms with E-state index in [-0.39, 0.29) is 11.3 Å². The zero-order chi connectivity index (χ0) is 11.5. The number of thiophene rings is 1. The van der Waals surface area contributed by atoms with Gasteiger partial charge in [0, 0.05) is 6.42 Å². The van der Waals surface area contributed by atoms with Crippen LogP contribution in [0.3, 0.4) is 0 Å². The summed E-state index contributed by atoms with van der Waals surface area (Å²) >= 11 is 1.55. The Morgan fingerprint density at radius 1 is 1.60 bits per heavy atom. The van der Waals surface area contributed by atoms with Crippen LogP contribution in [-0.2, 0) is 4.79 Å². The van der Waals surface area contributed by atoms with Gasteiger partial charge in [0.15, 0.2) is 0 Å². The third-order valence-corrected chi connectivity index (χ3v) is 3.24. The number of rotatable bonds is 4. The second kappa shape index (κ2) is 4.77. The molecular weight excluding hydrogens is 208 g/mol. The van der Waals surface area contributed by atoms with Crippen LogP contribution in [0.4, 0.5) is 5.00 Å². The van der Waals surface area contributed by atoms with Crippen LogP contribution in [0.15, 0.2) is 11.4 Å². The van der Waals surface area contributed by atoms with Gasteiger partial charge in [-0.15, -0.1) is 11.3 Å². The summed E-state index contributed by atoms with van der Waals surface area (Å²) in [7, 11) is 0. The summed E-state index contributed by atoms with van der Waals surface area (Å²) in [6.45, 7) is 6.49. The van der Waals surface area contributed by atoms with Gasteiger partial charge in [0.25, 0.3) is 0 Å². The minimum atomic E-state index is -0.130. The summed E-state index contributed by atoms with van der Waals surface area (Å²) in [5.41, 5.74) is 6.56. The zero-order valence-corrected chi connectivity index (χ0v) is 10.3. The molecule has 0 aliphatic rings. The fourth-order valence-corrected chi connectivity index (χ4v) is 2.01. The van der Waals surface area contributed by atoms with E-state index in [4.69, 9.17) is 5.73 Å². The Morgan fingerprint density at radius 3 is 2.73 bits per heavy atom. The molecule has 15 heavy (non-hydrogen) atoms. The van der Waals surface area contributed by atoms with Gasteiger partial charge in [-0.05, 0) is 35.9 Å². The second-order valence-corrected chi connectivity index (χ2v) is 5.44. The van der Waals surface area contributed by atoms with Crippen molar-refractivity contribution >= 4 is 22.2 Å². The Labute approximate surface area is 94.7 Å².